The molecule has 1 N–H and O–H groups in total. The summed E-state index contributed by atoms with van der Waals surface area (Å²) in [6, 6.07) is 4.86. The molecule has 3 rings (SSSR count). The van der Waals surface area contributed by atoms with Crippen LogP contribution in [0, 0.1) is 0 Å². The van der Waals surface area contributed by atoms with Gasteiger partial charge in [0.15, 0.2) is 0 Å². The molecule has 1 saturated heterocycles. The molecule has 3 heterocycles. The van der Waals surface area contributed by atoms with Crippen LogP contribution in [0.25, 0.3) is 0 Å². The third-order valence-electron chi connectivity index (χ3n) is 4.21. The van der Waals surface area contributed by atoms with E-state index in [9.17, 15) is 14.4 Å². The van der Waals surface area contributed by atoms with Crippen LogP contribution < -0.4 is 5.56 Å². The average molecular weight is 345 g/mol. The second-order valence-electron chi connectivity index (χ2n) is 5.65. The highest BCUT2D eigenvalue weighted by molar-refractivity contribution is 7.12. The SMILES string of the molecule is CCc1ccsc1C(=O)N1CCN(C(=O)c2ccc(=O)[nH]c2)CC1. The summed E-state index contributed by atoms with van der Waals surface area (Å²) in [5.74, 6) is -0.0679. The van der Waals surface area contributed by atoms with Gasteiger partial charge in [-0.25, -0.2) is 0 Å². The summed E-state index contributed by atoms with van der Waals surface area (Å²) in [5.41, 5.74) is 1.31. The highest BCUT2D eigenvalue weighted by Crippen LogP contribution is 2.20. The van der Waals surface area contributed by atoms with E-state index in [2.05, 4.69) is 4.98 Å². The van der Waals surface area contributed by atoms with Gasteiger partial charge in [0.1, 0.15) is 0 Å². The number of hydrogen-bond acceptors (Lipinski definition) is 4. The van der Waals surface area contributed by atoms with Crippen LogP contribution in [0.3, 0.4) is 0 Å². The van der Waals surface area contributed by atoms with Crippen LogP contribution in [0.5, 0.6) is 0 Å². The zero-order valence-corrected chi connectivity index (χ0v) is 14.3. The van der Waals surface area contributed by atoms with E-state index in [1.54, 1.807) is 4.90 Å². The van der Waals surface area contributed by atoms with E-state index in [0.717, 1.165) is 16.9 Å². The quantitative estimate of drug-likeness (QED) is 0.918. The normalized spacial score (nSPS) is 14.7. The molecule has 0 aliphatic carbocycles. The molecule has 0 atom stereocenters. The Hall–Kier alpha value is -2.41. The molecule has 2 aromatic rings. The number of rotatable bonds is 3. The molecule has 2 aromatic heterocycles. The lowest BCUT2D eigenvalue weighted by atomic mass is 10.1. The van der Waals surface area contributed by atoms with Gasteiger partial charge in [-0.1, -0.05) is 6.92 Å². The van der Waals surface area contributed by atoms with Crippen molar-refractivity contribution >= 4 is 23.2 Å². The maximum Gasteiger partial charge on any atom is 0.264 e. The van der Waals surface area contributed by atoms with Gasteiger partial charge in [-0.15, -0.1) is 11.3 Å². The Morgan fingerprint density at radius 2 is 1.75 bits per heavy atom. The van der Waals surface area contributed by atoms with Gasteiger partial charge in [0, 0.05) is 38.4 Å². The number of aromatic amines is 1. The van der Waals surface area contributed by atoms with Crippen LogP contribution in [-0.2, 0) is 6.42 Å². The summed E-state index contributed by atoms with van der Waals surface area (Å²) in [7, 11) is 0. The lowest BCUT2D eigenvalue weighted by molar-refractivity contribution is 0.0537. The molecule has 0 unspecified atom stereocenters. The summed E-state index contributed by atoms with van der Waals surface area (Å²) in [5, 5.41) is 1.95. The van der Waals surface area contributed by atoms with Crippen molar-refractivity contribution in [1.82, 2.24) is 14.8 Å². The summed E-state index contributed by atoms with van der Waals surface area (Å²) >= 11 is 1.48. The second-order valence-corrected chi connectivity index (χ2v) is 6.57. The van der Waals surface area contributed by atoms with Gasteiger partial charge in [-0.2, -0.15) is 0 Å². The Morgan fingerprint density at radius 3 is 2.33 bits per heavy atom. The summed E-state index contributed by atoms with van der Waals surface area (Å²) in [4.78, 5) is 43.0. The van der Waals surface area contributed by atoms with E-state index in [1.807, 2.05) is 23.3 Å². The Balaban J connectivity index is 1.63. The molecular formula is C17H19N3O3S. The fraction of sp³-hybridized carbons (Fsp3) is 0.353. The van der Waals surface area contributed by atoms with Crippen molar-refractivity contribution in [1.29, 1.82) is 0 Å². The van der Waals surface area contributed by atoms with Gasteiger partial charge in [0.05, 0.1) is 10.4 Å². The van der Waals surface area contributed by atoms with Crippen molar-refractivity contribution in [3.05, 3.63) is 56.1 Å². The van der Waals surface area contributed by atoms with Crippen molar-refractivity contribution in [3.8, 4) is 0 Å². The van der Waals surface area contributed by atoms with Crippen LogP contribution in [0.15, 0.2) is 34.6 Å². The number of pyridine rings is 1. The number of aryl methyl sites for hydroxylation is 1. The number of carbonyl (C=O) groups excluding carboxylic acids is 2. The fourth-order valence-corrected chi connectivity index (χ4v) is 3.75. The number of H-pyrrole nitrogens is 1. The first-order chi connectivity index (χ1) is 11.6. The van der Waals surface area contributed by atoms with Gasteiger partial charge < -0.3 is 14.8 Å². The molecule has 0 aromatic carbocycles. The van der Waals surface area contributed by atoms with Crippen molar-refractivity contribution in [2.45, 2.75) is 13.3 Å². The minimum absolute atomic E-state index is 0.0537. The van der Waals surface area contributed by atoms with E-state index in [1.165, 1.54) is 29.7 Å². The molecule has 1 fully saturated rings. The Labute approximate surface area is 143 Å². The van der Waals surface area contributed by atoms with E-state index < -0.39 is 0 Å². The summed E-state index contributed by atoms with van der Waals surface area (Å²) in [6.07, 6.45) is 2.27. The monoisotopic (exact) mass is 345 g/mol. The average Bonchev–Trinajstić information content (AvgIpc) is 3.10. The Bertz CT molecular complexity index is 783. The van der Waals surface area contributed by atoms with E-state index in [0.29, 0.717) is 31.7 Å². The minimum Gasteiger partial charge on any atom is -0.335 e. The van der Waals surface area contributed by atoms with Crippen LogP contribution >= 0.6 is 11.3 Å². The molecule has 2 amide bonds. The smallest absolute Gasteiger partial charge is 0.264 e. The van der Waals surface area contributed by atoms with Crippen LogP contribution in [0.1, 0.15) is 32.5 Å². The summed E-state index contributed by atoms with van der Waals surface area (Å²) < 4.78 is 0. The Morgan fingerprint density at radius 1 is 1.08 bits per heavy atom. The number of nitrogens with zero attached hydrogens (tertiary/aromatic N) is 2. The highest BCUT2D eigenvalue weighted by atomic mass is 32.1. The number of nitrogens with one attached hydrogen (secondary N) is 1. The van der Waals surface area contributed by atoms with Crippen LogP contribution in [0.4, 0.5) is 0 Å². The van der Waals surface area contributed by atoms with Crippen LogP contribution in [-0.4, -0.2) is 52.8 Å². The predicted molar refractivity (Wildman–Crippen MR) is 92.6 cm³/mol. The third-order valence-corrected chi connectivity index (χ3v) is 5.15. The molecule has 0 bridgehead atoms. The molecule has 1 aliphatic rings. The molecule has 0 spiro atoms. The molecule has 24 heavy (non-hydrogen) atoms. The highest BCUT2D eigenvalue weighted by Gasteiger charge is 2.26. The van der Waals surface area contributed by atoms with E-state index in [4.69, 9.17) is 0 Å². The topological polar surface area (TPSA) is 73.5 Å². The van der Waals surface area contributed by atoms with Gasteiger partial charge in [0.2, 0.25) is 5.56 Å². The molecular weight excluding hydrogens is 326 g/mol. The zero-order valence-electron chi connectivity index (χ0n) is 13.4. The van der Waals surface area contributed by atoms with Gasteiger partial charge >= 0.3 is 0 Å². The minimum atomic E-state index is -0.232. The molecule has 0 saturated carbocycles. The largest absolute Gasteiger partial charge is 0.335 e. The number of aromatic nitrogens is 1. The fourth-order valence-electron chi connectivity index (χ4n) is 2.78. The first kappa shape index (κ1) is 16.4. The maximum atomic E-state index is 12.6. The molecule has 0 radical (unpaired) electrons. The molecule has 6 nitrogen and oxygen atoms in total. The number of thiophene rings is 1. The van der Waals surface area contributed by atoms with Crippen LogP contribution in [0.2, 0.25) is 0 Å². The number of hydrogen-bond donors (Lipinski definition) is 1. The molecule has 126 valence electrons. The van der Waals surface area contributed by atoms with E-state index >= 15 is 0 Å². The zero-order chi connectivity index (χ0) is 17.1. The number of carbonyl (C=O) groups is 2. The first-order valence-electron chi connectivity index (χ1n) is 7.94. The van der Waals surface area contributed by atoms with Gasteiger partial charge in [0.25, 0.3) is 11.8 Å². The standard InChI is InChI=1S/C17H19N3O3S/c1-2-12-5-10-24-15(12)17(23)20-8-6-19(7-9-20)16(22)13-3-4-14(21)18-11-13/h3-5,10-11H,2,6-9H2,1H3,(H,18,21). The lowest BCUT2D eigenvalue weighted by Gasteiger charge is -2.34. The molecule has 7 heteroatoms. The van der Waals surface area contributed by atoms with Crippen molar-refractivity contribution < 1.29 is 9.59 Å². The summed E-state index contributed by atoms with van der Waals surface area (Å²) in [6.45, 7) is 4.08. The van der Waals surface area contributed by atoms with Gasteiger partial charge in [-0.3, -0.25) is 14.4 Å². The number of amides is 2. The second kappa shape index (κ2) is 7.00. The number of piperazine rings is 1. The van der Waals surface area contributed by atoms with Crippen molar-refractivity contribution in [3.63, 3.8) is 0 Å². The Kier molecular flexibility index (Phi) is 4.80. The lowest BCUT2D eigenvalue weighted by Crippen LogP contribution is -2.50. The first-order valence-corrected chi connectivity index (χ1v) is 8.81. The van der Waals surface area contributed by atoms with Crippen molar-refractivity contribution in [2.24, 2.45) is 0 Å². The van der Waals surface area contributed by atoms with Gasteiger partial charge in [-0.05, 0) is 29.5 Å². The third kappa shape index (κ3) is 3.26. The predicted octanol–water partition coefficient (Wildman–Crippen LogP) is 1.60. The molecule has 1 aliphatic heterocycles. The van der Waals surface area contributed by atoms with Crippen molar-refractivity contribution in [2.75, 3.05) is 26.2 Å². The van der Waals surface area contributed by atoms with E-state index in [-0.39, 0.29) is 17.4 Å². The maximum absolute atomic E-state index is 12.6.